The molecule has 0 radical (unpaired) electrons. The fourth-order valence-corrected chi connectivity index (χ4v) is 4.98. The van der Waals surface area contributed by atoms with Crippen LogP contribution in [0.3, 0.4) is 0 Å². The second-order valence-corrected chi connectivity index (χ2v) is 7.95. The van der Waals surface area contributed by atoms with E-state index in [4.69, 9.17) is 9.47 Å². The van der Waals surface area contributed by atoms with Crippen LogP contribution in [0.5, 0.6) is 11.5 Å². The Kier molecular flexibility index (Phi) is 5.10. The predicted molar refractivity (Wildman–Crippen MR) is 111 cm³/mol. The summed E-state index contributed by atoms with van der Waals surface area (Å²) in [6.07, 6.45) is 0.911. The molecule has 0 aromatic heterocycles. The van der Waals surface area contributed by atoms with Gasteiger partial charge in [-0.1, -0.05) is 12.1 Å². The zero-order chi connectivity index (χ0) is 20.6. The number of nitro benzene ring substituents is 1. The molecule has 0 saturated carbocycles. The third kappa shape index (κ3) is 3.30. The molecule has 29 heavy (non-hydrogen) atoms. The summed E-state index contributed by atoms with van der Waals surface area (Å²) in [6.45, 7) is 0.879. The quantitative estimate of drug-likeness (QED) is 0.455. The fourth-order valence-electron chi connectivity index (χ4n) is 3.81. The number of thioether (sulfide) groups is 1. The average Bonchev–Trinajstić information content (AvgIpc) is 3.07. The van der Waals surface area contributed by atoms with Gasteiger partial charge in [0.25, 0.3) is 11.4 Å². The van der Waals surface area contributed by atoms with E-state index in [0.29, 0.717) is 23.6 Å². The first-order chi connectivity index (χ1) is 14.0. The van der Waals surface area contributed by atoms with E-state index in [1.54, 1.807) is 38.1 Å². The van der Waals surface area contributed by atoms with Crippen LogP contribution in [-0.2, 0) is 5.72 Å². The highest BCUT2D eigenvalue weighted by Crippen LogP contribution is 2.42. The summed E-state index contributed by atoms with van der Waals surface area (Å²) in [7, 11) is 3.20. The number of nitro groups is 1. The minimum atomic E-state index is -1.39. The maximum absolute atomic E-state index is 11.7. The Morgan fingerprint density at radius 2 is 2.07 bits per heavy atom. The lowest BCUT2D eigenvalue weighted by molar-refractivity contribution is -0.656. The van der Waals surface area contributed by atoms with Crippen LogP contribution in [0.25, 0.3) is 0 Å². The maximum Gasteiger partial charge on any atom is 0.316 e. The third-order valence-electron chi connectivity index (χ3n) is 5.24. The number of nitrogens with zero attached hydrogens (tertiary/aromatic N) is 3. The highest BCUT2D eigenvalue weighted by Gasteiger charge is 2.54. The molecule has 1 atom stereocenters. The van der Waals surface area contributed by atoms with Crippen LogP contribution in [0.4, 0.5) is 11.4 Å². The molecule has 9 heteroatoms. The van der Waals surface area contributed by atoms with Crippen molar-refractivity contribution in [3.05, 3.63) is 58.1 Å². The molecule has 2 aliphatic rings. The summed E-state index contributed by atoms with van der Waals surface area (Å²) in [5.74, 6) is 2.27. The van der Waals surface area contributed by atoms with Crippen molar-refractivity contribution in [2.45, 2.75) is 12.1 Å². The lowest BCUT2D eigenvalue weighted by atomic mass is 10.0. The van der Waals surface area contributed by atoms with Gasteiger partial charge in [0.05, 0.1) is 25.7 Å². The minimum absolute atomic E-state index is 0.0421. The zero-order valence-corrected chi connectivity index (χ0v) is 17.0. The zero-order valence-electron chi connectivity index (χ0n) is 16.2. The fraction of sp³-hybridized carbons (Fsp3) is 0.350. The van der Waals surface area contributed by atoms with Gasteiger partial charge in [0.2, 0.25) is 0 Å². The Morgan fingerprint density at radius 3 is 2.79 bits per heavy atom. The molecular formula is C20H22N3O5S+. The van der Waals surface area contributed by atoms with Gasteiger partial charge >= 0.3 is 5.17 Å². The van der Waals surface area contributed by atoms with Crippen LogP contribution in [0.15, 0.2) is 42.5 Å². The van der Waals surface area contributed by atoms with E-state index in [-0.39, 0.29) is 12.2 Å². The number of anilines is 1. The van der Waals surface area contributed by atoms with Crippen LogP contribution < -0.4 is 14.4 Å². The topological polar surface area (TPSA) is 88.1 Å². The maximum atomic E-state index is 11.7. The number of amidine groups is 1. The smallest absolute Gasteiger partial charge is 0.316 e. The van der Waals surface area contributed by atoms with Gasteiger partial charge in [-0.05, 0) is 30.3 Å². The van der Waals surface area contributed by atoms with E-state index in [1.165, 1.54) is 12.1 Å². The number of aliphatic hydroxyl groups is 1. The van der Waals surface area contributed by atoms with Crippen LogP contribution in [0.2, 0.25) is 0 Å². The van der Waals surface area contributed by atoms with Crippen molar-refractivity contribution >= 4 is 28.3 Å². The Labute approximate surface area is 172 Å². The van der Waals surface area contributed by atoms with Gasteiger partial charge < -0.3 is 14.6 Å². The lowest BCUT2D eigenvalue weighted by Crippen LogP contribution is -2.41. The molecule has 2 aromatic rings. The Bertz CT molecular complexity index is 996. The molecule has 0 fully saturated rings. The van der Waals surface area contributed by atoms with Gasteiger partial charge in [-0.3, -0.25) is 10.1 Å². The molecule has 4 rings (SSSR count). The molecule has 2 aliphatic heterocycles. The normalized spacial score (nSPS) is 21.1. The number of hydrogen-bond donors (Lipinski definition) is 1. The van der Waals surface area contributed by atoms with E-state index in [9.17, 15) is 15.2 Å². The minimum Gasteiger partial charge on any atom is -0.497 e. The van der Waals surface area contributed by atoms with Gasteiger partial charge in [-0.25, -0.2) is 9.48 Å². The lowest BCUT2D eigenvalue weighted by Gasteiger charge is -2.24. The molecule has 152 valence electrons. The van der Waals surface area contributed by atoms with Crippen LogP contribution >= 0.6 is 11.8 Å². The standard InChI is InChI=1S/C20H22N3O5S/c1-27-16-7-8-18(28-2)17(12-16)21-13-20(24,22-9-4-10-29-19(21)22)14-5-3-6-15(11-14)23(25)26/h3,5-8,11-12,24H,4,9-10,13H2,1-2H3/q+1/t20-/m0/s1. The number of methoxy groups -OCH3 is 2. The third-order valence-corrected chi connectivity index (χ3v) is 6.43. The number of ether oxygens (including phenoxy) is 2. The van der Waals surface area contributed by atoms with Gasteiger partial charge in [0.1, 0.15) is 5.75 Å². The molecule has 0 aliphatic carbocycles. The summed E-state index contributed by atoms with van der Waals surface area (Å²) in [5, 5.41) is 23.9. The van der Waals surface area contributed by atoms with Crippen LogP contribution in [0, 0.1) is 10.1 Å². The SMILES string of the molecule is COc1ccc(OC)c(N2C[C@](O)(c3cccc([N+](=O)[O-])c3)[N+]3=C2SCCC3)c1. The van der Waals surface area contributed by atoms with Crippen molar-refractivity contribution < 1.29 is 24.1 Å². The van der Waals surface area contributed by atoms with Crippen molar-refractivity contribution in [2.24, 2.45) is 0 Å². The van der Waals surface area contributed by atoms with Crippen LogP contribution in [0.1, 0.15) is 12.0 Å². The van der Waals surface area contributed by atoms with Gasteiger partial charge in [0, 0.05) is 29.5 Å². The first kappa shape index (κ1) is 19.5. The van der Waals surface area contributed by atoms with Crippen molar-refractivity contribution in [2.75, 3.05) is 38.0 Å². The van der Waals surface area contributed by atoms with E-state index >= 15 is 0 Å². The number of rotatable bonds is 5. The van der Waals surface area contributed by atoms with Gasteiger partial charge in [-0.2, -0.15) is 0 Å². The molecule has 2 heterocycles. The molecule has 8 nitrogen and oxygen atoms in total. The molecule has 1 N–H and O–H groups in total. The summed E-state index contributed by atoms with van der Waals surface area (Å²) < 4.78 is 12.9. The monoisotopic (exact) mass is 416 g/mol. The second-order valence-electron chi connectivity index (χ2n) is 6.88. The molecule has 0 bridgehead atoms. The van der Waals surface area contributed by atoms with E-state index in [2.05, 4.69) is 0 Å². The predicted octanol–water partition coefficient (Wildman–Crippen LogP) is 2.78. The summed E-state index contributed by atoms with van der Waals surface area (Å²) >= 11 is 1.66. The van der Waals surface area contributed by atoms with Crippen molar-refractivity contribution in [1.29, 1.82) is 0 Å². The molecule has 2 aromatic carbocycles. The summed E-state index contributed by atoms with van der Waals surface area (Å²) in [4.78, 5) is 12.8. The number of benzene rings is 2. The largest absolute Gasteiger partial charge is 0.497 e. The average molecular weight is 416 g/mol. The Balaban J connectivity index is 1.84. The van der Waals surface area contributed by atoms with Crippen molar-refractivity contribution in [3.8, 4) is 11.5 Å². The Morgan fingerprint density at radius 1 is 1.24 bits per heavy atom. The summed E-state index contributed by atoms with van der Waals surface area (Å²) in [6, 6.07) is 11.7. The highest BCUT2D eigenvalue weighted by atomic mass is 32.2. The van der Waals surface area contributed by atoms with Crippen molar-refractivity contribution in [3.63, 3.8) is 0 Å². The van der Waals surface area contributed by atoms with E-state index in [0.717, 1.165) is 23.0 Å². The van der Waals surface area contributed by atoms with Crippen molar-refractivity contribution in [1.82, 2.24) is 0 Å². The van der Waals surface area contributed by atoms with E-state index < -0.39 is 10.6 Å². The van der Waals surface area contributed by atoms with E-state index in [1.807, 2.05) is 27.7 Å². The Hall–Kier alpha value is -2.78. The number of β-amino-alcohol motifs (C(OH)–C–C–N with tert-alkyl or cyclic N) is 1. The summed E-state index contributed by atoms with van der Waals surface area (Å²) in [5.41, 5.74) is -0.152. The molecule has 0 saturated heterocycles. The second kappa shape index (κ2) is 7.57. The molecule has 0 spiro atoms. The first-order valence-electron chi connectivity index (χ1n) is 9.22. The molecule has 0 unspecified atom stereocenters. The molecular weight excluding hydrogens is 394 g/mol. The highest BCUT2D eigenvalue weighted by molar-refractivity contribution is 8.13. The number of hydrogen-bond acceptors (Lipinski definition) is 7. The van der Waals surface area contributed by atoms with Gasteiger partial charge in [-0.15, -0.1) is 0 Å². The molecule has 0 amide bonds. The van der Waals surface area contributed by atoms with Crippen LogP contribution in [-0.4, -0.2) is 52.8 Å². The first-order valence-corrected chi connectivity index (χ1v) is 10.2. The number of non-ortho nitro benzene ring substituents is 1. The van der Waals surface area contributed by atoms with Gasteiger partial charge in [0.15, 0.2) is 18.0 Å².